The van der Waals surface area contributed by atoms with Crippen molar-refractivity contribution in [2.45, 2.75) is 40.5 Å². The lowest BCUT2D eigenvalue weighted by molar-refractivity contribution is -0.114. The summed E-state index contributed by atoms with van der Waals surface area (Å²) in [7, 11) is 0. The van der Waals surface area contributed by atoms with Crippen LogP contribution in [-0.2, 0) is 4.79 Å². The molecule has 0 aliphatic rings. The number of nitrogens with one attached hydrogen (secondary N) is 2. The van der Waals surface area contributed by atoms with Crippen LogP contribution in [0.1, 0.15) is 42.0 Å². The van der Waals surface area contributed by atoms with Gasteiger partial charge >= 0.3 is 0 Å². The fraction of sp³-hybridized carbons (Fsp3) is 0.350. The third-order valence-corrected chi connectivity index (χ3v) is 3.96. The van der Waals surface area contributed by atoms with Gasteiger partial charge in [0.15, 0.2) is 0 Å². The van der Waals surface area contributed by atoms with E-state index in [0.717, 1.165) is 28.1 Å². The number of carbonyl (C=O) groups is 1. The quantitative estimate of drug-likeness (QED) is 0.834. The molecule has 0 aliphatic heterocycles. The highest BCUT2D eigenvalue weighted by Crippen LogP contribution is 2.24. The molecular weight excluding hydrogens is 284 g/mol. The minimum atomic E-state index is -0.0301. The first-order valence-corrected chi connectivity index (χ1v) is 8.09. The molecule has 0 aromatic heterocycles. The first-order chi connectivity index (χ1) is 10.9. The Bertz CT molecular complexity index is 682. The fourth-order valence-corrected chi connectivity index (χ4v) is 2.94. The predicted molar refractivity (Wildman–Crippen MR) is 98.3 cm³/mol. The van der Waals surface area contributed by atoms with Gasteiger partial charge in [0, 0.05) is 11.4 Å². The Labute approximate surface area is 139 Å². The van der Waals surface area contributed by atoms with E-state index in [9.17, 15) is 4.79 Å². The summed E-state index contributed by atoms with van der Waals surface area (Å²) in [5.74, 6) is 0.346. The van der Waals surface area contributed by atoms with E-state index in [1.165, 1.54) is 5.56 Å². The molecule has 2 aromatic rings. The summed E-state index contributed by atoms with van der Waals surface area (Å²) in [6.45, 7) is 10.7. The molecule has 0 aliphatic carbocycles. The van der Waals surface area contributed by atoms with Crippen LogP contribution in [0.15, 0.2) is 36.4 Å². The zero-order valence-corrected chi connectivity index (χ0v) is 14.7. The lowest BCUT2D eigenvalue weighted by Gasteiger charge is -2.16. The maximum absolute atomic E-state index is 12.3. The minimum absolute atomic E-state index is 0.0301. The summed E-state index contributed by atoms with van der Waals surface area (Å²) in [4.78, 5) is 12.3. The van der Waals surface area contributed by atoms with Gasteiger partial charge in [0.05, 0.1) is 6.54 Å². The lowest BCUT2D eigenvalue weighted by Crippen LogP contribution is -2.23. The van der Waals surface area contributed by atoms with Crippen molar-refractivity contribution in [3.63, 3.8) is 0 Å². The summed E-state index contributed by atoms with van der Waals surface area (Å²) in [5.41, 5.74) is 6.66. The average molecular weight is 310 g/mol. The number of para-hydroxylation sites is 1. The van der Waals surface area contributed by atoms with Crippen LogP contribution in [0.5, 0.6) is 0 Å². The van der Waals surface area contributed by atoms with Crippen molar-refractivity contribution >= 4 is 17.3 Å². The summed E-state index contributed by atoms with van der Waals surface area (Å²) in [6, 6.07) is 12.2. The van der Waals surface area contributed by atoms with Gasteiger partial charge in [0.1, 0.15) is 0 Å². The van der Waals surface area contributed by atoms with E-state index in [4.69, 9.17) is 0 Å². The van der Waals surface area contributed by atoms with Gasteiger partial charge in [-0.15, -0.1) is 0 Å². The van der Waals surface area contributed by atoms with Crippen molar-refractivity contribution < 1.29 is 4.79 Å². The number of hydrogen-bond donors (Lipinski definition) is 2. The first-order valence-electron chi connectivity index (χ1n) is 8.09. The zero-order valence-electron chi connectivity index (χ0n) is 14.7. The topological polar surface area (TPSA) is 41.1 Å². The molecule has 0 saturated carbocycles. The smallest absolute Gasteiger partial charge is 0.243 e. The van der Waals surface area contributed by atoms with Crippen LogP contribution in [0, 0.1) is 20.8 Å². The van der Waals surface area contributed by atoms with Crippen molar-refractivity contribution in [1.29, 1.82) is 0 Å². The van der Waals surface area contributed by atoms with Crippen LogP contribution in [0.25, 0.3) is 0 Å². The molecule has 3 nitrogen and oxygen atoms in total. The molecule has 0 atom stereocenters. The van der Waals surface area contributed by atoms with Crippen LogP contribution in [0.3, 0.4) is 0 Å². The van der Waals surface area contributed by atoms with Gasteiger partial charge in [-0.3, -0.25) is 4.79 Å². The Morgan fingerprint density at radius 1 is 1.04 bits per heavy atom. The number of anilines is 2. The number of aryl methyl sites for hydroxylation is 3. The number of amides is 1. The molecule has 0 unspecified atom stereocenters. The zero-order chi connectivity index (χ0) is 17.0. The van der Waals surface area contributed by atoms with Crippen molar-refractivity contribution in [2.75, 3.05) is 17.2 Å². The highest BCUT2D eigenvalue weighted by molar-refractivity contribution is 5.94. The predicted octanol–water partition coefficient (Wildman–Crippen LogP) is 4.79. The van der Waals surface area contributed by atoms with Crippen LogP contribution >= 0.6 is 0 Å². The van der Waals surface area contributed by atoms with E-state index in [1.54, 1.807) is 0 Å². The molecule has 2 N–H and O–H groups in total. The maximum atomic E-state index is 12.3. The normalized spacial score (nSPS) is 10.7. The lowest BCUT2D eigenvalue weighted by atomic mass is 10.0. The molecule has 23 heavy (non-hydrogen) atoms. The molecule has 0 radical (unpaired) electrons. The first kappa shape index (κ1) is 17.1. The van der Waals surface area contributed by atoms with Gasteiger partial charge in [-0.05, 0) is 49.4 Å². The van der Waals surface area contributed by atoms with Crippen LogP contribution in [-0.4, -0.2) is 12.5 Å². The van der Waals surface area contributed by atoms with Gasteiger partial charge < -0.3 is 10.6 Å². The summed E-state index contributed by atoms with van der Waals surface area (Å²) in [5, 5.41) is 6.28. The Morgan fingerprint density at radius 2 is 1.65 bits per heavy atom. The van der Waals surface area contributed by atoms with E-state index < -0.39 is 0 Å². The van der Waals surface area contributed by atoms with Crippen molar-refractivity contribution in [2.24, 2.45) is 0 Å². The maximum Gasteiger partial charge on any atom is 0.243 e. The number of carbonyl (C=O) groups excluding carboxylic acids is 1. The van der Waals surface area contributed by atoms with Gasteiger partial charge in [0.2, 0.25) is 5.91 Å². The van der Waals surface area contributed by atoms with Gasteiger partial charge in [-0.25, -0.2) is 0 Å². The SMILES string of the molecule is Cc1cc(C)c(NCC(=O)Nc2ccccc2C(C)C)c(C)c1. The molecule has 2 rings (SSSR count). The molecule has 0 heterocycles. The third-order valence-electron chi connectivity index (χ3n) is 3.96. The van der Waals surface area contributed by atoms with Gasteiger partial charge in [-0.1, -0.05) is 49.7 Å². The van der Waals surface area contributed by atoms with E-state index in [0.29, 0.717) is 5.92 Å². The Balaban J connectivity index is 2.04. The Kier molecular flexibility index (Phi) is 5.43. The van der Waals surface area contributed by atoms with Crippen molar-refractivity contribution in [3.05, 3.63) is 58.7 Å². The molecule has 0 spiro atoms. The molecule has 2 aromatic carbocycles. The molecule has 0 saturated heterocycles. The minimum Gasteiger partial charge on any atom is -0.376 e. The summed E-state index contributed by atoms with van der Waals surface area (Å²) >= 11 is 0. The number of rotatable bonds is 5. The monoisotopic (exact) mass is 310 g/mol. The number of benzene rings is 2. The van der Waals surface area contributed by atoms with Crippen molar-refractivity contribution in [3.8, 4) is 0 Å². The largest absolute Gasteiger partial charge is 0.376 e. The molecule has 1 amide bonds. The molecule has 0 fully saturated rings. The van der Waals surface area contributed by atoms with Gasteiger partial charge in [-0.2, -0.15) is 0 Å². The second kappa shape index (κ2) is 7.32. The van der Waals surface area contributed by atoms with Crippen LogP contribution in [0.4, 0.5) is 11.4 Å². The van der Waals surface area contributed by atoms with E-state index >= 15 is 0 Å². The van der Waals surface area contributed by atoms with Crippen LogP contribution in [0.2, 0.25) is 0 Å². The average Bonchev–Trinajstić information content (AvgIpc) is 2.46. The van der Waals surface area contributed by atoms with E-state index in [2.05, 4.69) is 63.5 Å². The molecule has 3 heteroatoms. The van der Waals surface area contributed by atoms with Gasteiger partial charge in [0.25, 0.3) is 0 Å². The Hall–Kier alpha value is -2.29. The summed E-state index contributed by atoms with van der Waals surface area (Å²) in [6.07, 6.45) is 0. The third kappa shape index (κ3) is 4.35. The highest BCUT2D eigenvalue weighted by Gasteiger charge is 2.10. The number of hydrogen-bond acceptors (Lipinski definition) is 2. The molecule has 122 valence electrons. The van der Waals surface area contributed by atoms with E-state index in [-0.39, 0.29) is 12.5 Å². The second-order valence-electron chi connectivity index (χ2n) is 6.42. The second-order valence-corrected chi connectivity index (χ2v) is 6.42. The fourth-order valence-electron chi connectivity index (χ4n) is 2.94. The molecular formula is C20H26N2O. The highest BCUT2D eigenvalue weighted by atomic mass is 16.1. The van der Waals surface area contributed by atoms with Crippen LogP contribution < -0.4 is 10.6 Å². The van der Waals surface area contributed by atoms with Crippen molar-refractivity contribution in [1.82, 2.24) is 0 Å². The summed E-state index contributed by atoms with van der Waals surface area (Å²) < 4.78 is 0. The Morgan fingerprint density at radius 3 is 2.26 bits per heavy atom. The molecule has 0 bridgehead atoms. The van der Waals surface area contributed by atoms with E-state index in [1.807, 2.05) is 18.2 Å². The standard InChI is InChI=1S/C20H26N2O/c1-13(2)17-8-6-7-9-18(17)22-19(23)12-21-20-15(4)10-14(3)11-16(20)5/h6-11,13,21H,12H2,1-5H3,(H,22,23).